The van der Waals surface area contributed by atoms with E-state index in [1.807, 2.05) is 13.0 Å². The van der Waals surface area contributed by atoms with Crippen LogP contribution in [0.15, 0.2) is 16.9 Å². The Kier molecular flexibility index (Phi) is 1.74. The third kappa shape index (κ3) is 1.02. The highest BCUT2D eigenvalue weighted by molar-refractivity contribution is 5.34. The van der Waals surface area contributed by atoms with Crippen LogP contribution in [0, 0.1) is 11.3 Å². The molecule has 3 heteroatoms. The van der Waals surface area contributed by atoms with E-state index in [4.69, 9.17) is 15.4 Å². The van der Waals surface area contributed by atoms with E-state index < -0.39 is 0 Å². The SMILES string of the molecule is C[C@H](N)c1cocc1C#N. The van der Waals surface area contributed by atoms with Crippen LogP contribution in [0.4, 0.5) is 0 Å². The molecule has 0 amide bonds. The number of nitriles is 1. The molecule has 0 radical (unpaired) electrons. The van der Waals surface area contributed by atoms with Gasteiger partial charge in [0.05, 0.1) is 11.8 Å². The van der Waals surface area contributed by atoms with Crippen molar-refractivity contribution in [3.63, 3.8) is 0 Å². The van der Waals surface area contributed by atoms with Gasteiger partial charge in [0.15, 0.2) is 0 Å². The number of furan rings is 1. The van der Waals surface area contributed by atoms with Crippen molar-refractivity contribution in [2.75, 3.05) is 0 Å². The van der Waals surface area contributed by atoms with E-state index in [1.165, 1.54) is 12.5 Å². The van der Waals surface area contributed by atoms with Crippen LogP contribution in [0.2, 0.25) is 0 Å². The summed E-state index contributed by atoms with van der Waals surface area (Å²) in [5.41, 5.74) is 6.81. The zero-order chi connectivity index (χ0) is 7.56. The van der Waals surface area contributed by atoms with Gasteiger partial charge in [0, 0.05) is 11.6 Å². The number of hydrogen-bond donors (Lipinski definition) is 1. The normalized spacial score (nSPS) is 12.5. The smallest absolute Gasteiger partial charge is 0.108 e. The molecule has 0 saturated carbocycles. The molecule has 10 heavy (non-hydrogen) atoms. The maximum Gasteiger partial charge on any atom is 0.108 e. The predicted molar refractivity (Wildman–Crippen MR) is 36.0 cm³/mol. The third-order valence-corrected chi connectivity index (χ3v) is 1.30. The Morgan fingerprint density at radius 3 is 2.80 bits per heavy atom. The Hall–Kier alpha value is -1.27. The molecular formula is C7H8N2O. The summed E-state index contributed by atoms with van der Waals surface area (Å²) in [5, 5.41) is 8.49. The van der Waals surface area contributed by atoms with Gasteiger partial charge in [-0.3, -0.25) is 0 Å². The summed E-state index contributed by atoms with van der Waals surface area (Å²) in [6, 6.07) is 1.85. The van der Waals surface area contributed by atoms with Gasteiger partial charge < -0.3 is 10.2 Å². The second-order valence-electron chi connectivity index (χ2n) is 2.14. The lowest BCUT2D eigenvalue weighted by atomic mass is 10.1. The first-order valence-corrected chi connectivity index (χ1v) is 2.97. The van der Waals surface area contributed by atoms with Gasteiger partial charge in [-0.15, -0.1) is 0 Å². The number of hydrogen-bond acceptors (Lipinski definition) is 3. The second kappa shape index (κ2) is 2.54. The highest BCUT2D eigenvalue weighted by Crippen LogP contribution is 2.15. The Labute approximate surface area is 59.1 Å². The van der Waals surface area contributed by atoms with E-state index in [0.717, 1.165) is 5.56 Å². The zero-order valence-electron chi connectivity index (χ0n) is 5.66. The molecule has 0 fully saturated rings. The fourth-order valence-electron chi connectivity index (χ4n) is 0.750. The van der Waals surface area contributed by atoms with Crippen LogP contribution in [0.25, 0.3) is 0 Å². The molecule has 1 aromatic rings. The molecule has 1 aromatic heterocycles. The molecule has 0 aromatic carbocycles. The average molecular weight is 136 g/mol. The maximum absolute atomic E-state index is 8.49. The highest BCUT2D eigenvalue weighted by Gasteiger charge is 2.07. The van der Waals surface area contributed by atoms with Crippen molar-refractivity contribution < 1.29 is 4.42 Å². The maximum atomic E-state index is 8.49. The summed E-state index contributed by atoms with van der Waals surface area (Å²) >= 11 is 0. The fourth-order valence-corrected chi connectivity index (χ4v) is 0.750. The van der Waals surface area contributed by atoms with Crippen LogP contribution in [0.5, 0.6) is 0 Å². The average Bonchev–Trinajstić information content (AvgIpc) is 2.33. The summed E-state index contributed by atoms with van der Waals surface area (Å²) in [6.45, 7) is 1.81. The summed E-state index contributed by atoms with van der Waals surface area (Å²) in [6.07, 6.45) is 2.90. The van der Waals surface area contributed by atoms with Gasteiger partial charge in [-0.25, -0.2) is 0 Å². The molecule has 3 nitrogen and oxygen atoms in total. The van der Waals surface area contributed by atoms with E-state index in [9.17, 15) is 0 Å². The van der Waals surface area contributed by atoms with Crippen LogP contribution < -0.4 is 5.73 Å². The molecule has 0 bridgehead atoms. The lowest BCUT2D eigenvalue weighted by Crippen LogP contribution is -2.04. The summed E-state index contributed by atoms with van der Waals surface area (Å²) in [4.78, 5) is 0. The summed E-state index contributed by atoms with van der Waals surface area (Å²) in [5.74, 6) is 0. The van der Waals surface area contributed by atoms with Gasteiger partial charge >= 0.3 is 0 Å². The van der Waals surface area contributed by atoms with Crippen molar-refractivity contribution in [3.05, 3.63) is 23.7 Å². The van der Waals surface area contributed by atoms with E-state index in [-0.39, 0.29) is 6.04 Å². The molecule has 2 N–H and O–H groups in total. The Balaban J connectivity index is 3.05. The third-order valence-electron chi connectivity index (χ3n) is 1.30. The van der Waals surface area contributed by atoms with Crippen molar-refractivity contribution >= 4 is 0 Å². The van der Waals surface area contributed by atoms with Crippen molar-refractivity contribution in [1.82, 2.24) is 0 Å². The zero-order valence-corrected chi connectivity index (χ0v) is 5.66. The van der Waals surface area contributed by atoms with Crippen molar-refractivity contribution in [2.24, 2.45) is 5.73 Å². The van der Waals surface area contributed by atoms with Gasteiger partial charge in [0.1, 0.15) is 12.3 Å². The van der Waals surface area contributed by atoms with E-state index >= 15 is 0 Å². The lowest BCUT2D eigenvalue weighted by Gasteiger charge is -1.98. The summed E-state index contributed by atoms with van der Waals surface area (Å²) < 4.78 is 4.80. The molecule has 0 spiro atoms. The van der Waals surface area contributed by atoms with Crippen molar-refractivity contribution in [2.45, 2.75) is 13.0 Å². The van der Waals surface area contributed by atoms with Crippen LogP contribution >= 0.6 is 0 Å². The largest absolute Gasteiger partial charge is 0.471 e. The van der Waals surface area contributed by atoms with Crippen molar-refractivity contribution in [3.8, 4) is 6.07 Å². The quantitative estimate of drug-likeness (QED) is 0.630. The van der Waals surface area contributed by atoms with Crippen LogP contribution in [-0.2, 0) is 0 Å². The fraction of sp³-hybridized carbons (Fsp3) is 0.286. The van der Waals surface area contributed by atoms with E-state index in [0.29, 0.717) is 5.56 Å². The minimum atomic E-state index is -0.131. The number of nitrogens with zero attached hydrogens (tertiary/aromatic N) is 1. The van der Waals surface area contributed by atoms with Gasteiger partial charge in [0.2, 0.25) is 0 Å². The lowest BCUT2D eigenvalue weighted by molar-refractivity contribution is 0.560. The van der Waals surface area contributed by atoms with Crippen LogP contribution in [0.3, 0.4) is 0 Å². The summed E-state index contributed by atoms with van der Waals surface area (Å²) in [7, 11) is 0. The van der Waals surface area contributed by atoms with Crippen LogP contribution in [0.1, 0.15) is 24.1 Å². The first kappa shape index (κ1) is 6.84. The first-order valence-electron chi connectivity index (χ1n) is 2.97. The Bertz CT molecular complexity index is 257. The monoisotopic (exact) mass is 136 g/mol. The molecule has 1 rings (SSSR count). The number of nitrogens with two attached hydrogens (primary N) is 1. The Morgan fingerprint density at radius 2 is 2.40 bits per heavy atom. The first-order chi connectivity index (χ1) is 4.75. The molecule has 0 unspecified atom stereocenters. The molecule has 0 aliphatic rings. The molecular weight excluding hydrogens is 128 g/mol. The molecule has 1 heterocycles. The second-order valence-corrected chi connectivity index (χ2v) is 2.14. The molecule has 1 atom stereocenters. The van der Waals surface area contributed by atoms with Crippen LogP contribution in [-0.4, -0.2) is 0 Å². The van der Waals surface area contributed by atoms with Gasteiger partial charge in [-0.05, 0) is 6.92 Å². The minimum Gasteiger partial charge on any atom is -0.471 e. The number of rotatable bonds is 1. The molecule has 52 valence electrons. The van der Waals surface area contributed by atoms with E-state index in [1.54, 1.807) is 0 Å². The minimum absolute atomic E-state index is 0.131. The van der Waals surface area contributed by atoms with Gasteiger partial charge in [0.25, 0.3) is 0 Å². The van der Waals surface area contributed by atoms with Gasteiger partial charge in [-0.2, -0.15) is 5.26 Å². The highest BCUT2D eigenvalue weighted by atomic mass is 16.3. The predicted octanol–water partition coefficient (Wildman–Crippen LogP) is 1.17. The topological polar surface area (TPSA) is 62.9 Å². The standard InChI is InChI=1S/C7H8N2O/c1-5(9)7-4-10-3-6(7)2-8/h3-5H,9H2,1H3/t5-/m0/s1. The van der Waals surface area contributed by atoms with E-state index in [2.05, 4.69) is 0 Å². The molecule has 0 aliphatic carbocycles. The molecule has 0 saturated heterocycles. The Morgan fingerprint density at radius 1 is 1.70 bits per heavy atom. The van der Waals surface area contributed by atoms with Gasteiger partial charge in [-0.1, -0.05) is 0 Å². The molecule has 0 aliphatic heterocycles. The van der Waals surface area contributed by atoms with Crippen molar-refractivity contribution in [1.29, 1.82) is 5.26 Å².